The zero-order valence-corrected chi connectivity index (χ0v) is 16.3. The number of likely N-dealkylation sites (N-methyl/N-ethyl adjacent to an activating group) is 1. The fourth-order valence-corrected chi connectivity index (χ4v) is 2.96. The predicted molar refractivity (Wildman–Crippen MR) is 104 cm³/mol. The van der Waals surface area contributed by atoms with E-state index in [0.717, 1.165) is 17.7 Å². The summed E-state index contributed by atoms with van der Waals surface area (Å²) in [7, 11) is 3.29. The molecule has 7 nitrogen and oxygen atoms in total. The highest BCUT2D eigenvalue weighted by molar-refractivity contribution is 5.94. The number of carbonyl (C=O) groups is 1. The first-order chi connectivity index (χ1) is 14.3. The van der Waals surface area contributed by atoms with Crippen molar-refractivity contribution in [1.82, 2.24) is 19.7 Å². The van der Waals surface area contributed by atoms with E-state index in [9.17, 15) is 18.0 Å². The van der Waals surface area contributed by atoms with E-state index < -0.39 is 17.6 Å². The van der Waals surface area contributed by atoms with Crippen molar-refractivity contribution >= 4 is 11.6 Å². The molecule has 0 aliphatic heterocycles. The standard InChI is InChI=1S/C20H20F3N5O2/c1-27(10-14-5-3-4-6-18(14)30-2)11-19(29)26-16-9-15(20(21,22)23)7-8-17(16)28-13-24-12-25-28/h3-9,12-13H,10-11H2,1-2H3,(H,26,29). The normalized spacial score (nSPS) is 11.5. The number of aromatic nitrogens is 3. The summed E-state index contributed by atoms with van der Waals surface area (Å²) in [5.41, 5.74) is 0.286. The number of amides is 1. The highest BCUT2D eigenvalue weighted by atomic mass is 19.4. The van der Waals surface area contributed by atoms with Crippen LogP contribution >= 0.6 is 0 Å². The average molecular weight is 419 g/mol. The Bertz CT molecular complexity index is 1010. The van der Waals surface area contributed by atoms with Gasteiger partial charge in [0.1, 0.15) is 18.4 Å². The molecule has 0 radical (unpaired) electrons. The van der Waals surface area contributed by atoms with Crippen molar-refractivity contribution in [2.45, 2.75) is 12.7 Å². The van der Waals surface area contributed by atoms with Gasteiger partial charge in [-0.05, 0) is 31.3 Å². The van der Waals surface area contributed by atoms with E-state index in [1.165, 1.54) is 23.4 Å². The van der Waals surface area contributed by atoms with Gasteiger partial charge in [0.2, 0.25) is 5.91 Å². The molecule has 1 amide bonds. The largest absolute Gasteiger partial charge is 0.496 e. The van der Waals surface area contributed by atoms with Crippen LogP contribution in [-0.2, 0) is 17.5 Å². The highest BCUT2D eigenvalue weighted by Crippen LogP contribution is 2.33. The smallest absolute Gasteiger partial charge is 0.416 e. The molecule has 3 rings (SSSR count). The van der Waals surface area contributed by atoms with Crippen LogP contribution in [0.1, 0.15) is 11.1 Å². The lowest BCUT2D eigenvalue weighted by Gasteiger charge is -2.19. The number of hydrogen-bond acceptors (Lipinski definition) is 5. The van der Waals surface area contributed by atoms with Crippen molar-refractivity contribution in [3.05, 3.63) is 66.2 Å². The van der Waals surface area contributed by atoms with Crippen LogP contribution < -0.4 is 10.1 Å². The number of alkyl halides is 3. The second kappa shape index (κ2) is 8.95. The number of halogens is 3. The molecule has 0 unspecified atom stereocenters. The van der Waals surface area contributed by atoms with Gasteiger partial charge in [-0.25, -0.2) is 9.67 Å². The van der Waals surface area contributed by atoms with Crippen LogP contribution in [0.2, 0.25) is 0 Å². The molecule has 0 spiro atoms. The van der Waals surface area contributed by atoms with E-state index in [1.807, 2.05) is 24.3 Å². The lowest BCUT2D eigenvalue weighted by Crippen LogP contribution is -2.30. The fraction of sp³-hybridized carbons (Fsp3) is 0.250. The Morgan fingerprint density at radius 1 is 1.23 bits per heavy atom. The second-order valence-corrected chi connectivity index (χ2v) is 6.60. The molecule has 158 valence electrons. The Labute approximate surface area is 171 Å². The first kappa shape index (κ1) is 21.3. The Morgan fingerprint density at radius 3 is 2.67 bits per heavy atom. The number of methoxy groups -OCH3 is 1. The maximum Gasteiger partial charge on any atom is 0.416 e. The second-order valence-electron chi connectivity index (χ2n) is 6.60. The Balaban J connectivity index is 1.76. The number of anilines is 1. The minimum atomic E-state index is -4.54. The zero-order chi connectivity index (χ0) is 21.7. The van der Waals surface area contributed by atoms with Crippen molar-refractivity contribution in [1.29, 1.82) is 0 Å². The SMILES string of the molecule is COc1ccccc1CN(C)CC(=O)Nc1cc(C(F)(F)F)ccc1-n1cncn1. The van der Waals surface area contributed by atoms with Crippen molar-refractivity contribution in [3.63, 3.8) is 0 Å². The minimum Gasteiger partial charge on any atom is -0.496 e. The van der Waals surface area contributed by atoms with Crippen LogP contribution in [-0.4, -0.2) is 46.3 Å². The molecule has 1 heterocycles. The maximum atomic E-state index is 13.1. The van der Waals surface area contributed by atoms with E-state index in [0.29, 0.717) is 12.3 Å². The van der Waals surface area contributed by atoms with E-state index in [4.69, 9.17) is 4.74 Å². The van der Waals surface area contributed by atoms with Gasteiger partial charge in [-0.15, -0.1) is 0 Å². The minimum absolute atomic E-state index is 0.00832. The van der Waals surface area contributed by atoms with Gasteiger partial charge in [0, 0.05) is 12.1 Å². The van der Waals surface area contributed by atoms with E-state index in [-0.39, 0.29) is 17.9 Å². The lowest BCUT2D eigenvalue weighted by atomic mass is 10.1. The molecule has 10 heteroatoms. The zero-order valence-electron chi connectivity index (χ0n) is 16.3. The summed E-state index contributed by atoms with van der Waals surface area (Å²) in [6.45, 7) is 0.390. The first-order valence-electron chi connectivity index (χ1n) is 8.94. The molecule has 0 bridgehead atoms. The Kier molecular flexibility index (Phi) is 6.36. The van der Waals surface area contributed by atoms with Crippen LogP contribution in [0.5, 0.6) is 5.75 Å². The Morgan fingerprint density at radius 2 is 2.00 bits per heavy atom. The summed E-state index contributed by atoms with van der Waals surface area (Å²) in [4.78, 5) is 18.1. The Hall–Kier alpha value is -3.40. The number of hydrogen-bond donors (Lipinski definition) is 1. The topological polar surface area (TPSA) is 72.3 Å². The fourth-order valence-electron chi connectivity index (χ4n) is 2.96. The van der Waals surface area contributed by atoms with Gasteiger partial charge in [0.05, 0.1) is 30.6 Å². The van der Waals surface area contributed by atoms with Gasteiger partial charge in [0.25, 0.3) is 0 Å². The number of rotatable bonds is 7. The molecule has 1 aromatic heterocycles. The molecule has 0 fully saturated rings. The van der Waals surface area contributed by atoms with Crippen LogP contribution in [0, 0.1) is 0 Å². The van der Waals surface area contributed by atoms with E-state index >= 15 is 0 Å². The number of carbonyl (C=O) groups excluding carboxylic acids is 1. The summed E-state index contributed by atoms with van der Waals surface area (Å²) in [6.07, 6.45) is -1.95. The van der Waals surface area contributed by atoms with Crippen molar-refractivity contribution < 1.29 is 22.7 Å². The van der Waals surface area contributed by atoms with Gasteiger partial charge < -0.3 is 10.1 Å². The third-order valence-corrected chi connectivity index (χ3v) is 4.31. The van der Waals surface area contributed by atoms with Crippen LogP contribution in [0.15, 0.2) is 55.1 Å². The molecular weight excluding hydrogens is 399 g/mol. The summed E-state index contributed by atoms with van der Waals surface area (Å²) >= 11 is 0. The molecule has 0 saturated carbocycles. The molecule has 0 saturated heterocycles. The third-order valence-electron chi connectivity index (χ3n) is 4.31. The van der Waals surface area contributed by atoms with Gasteiger partial charge in [-0.3, -0.25) is 9.69 Å². The maximum absolute atomic E-state index is 13.1. The molecule has 0 atom stereocenters. The third kappa shape index (κ3) is 5.15. The van der Waals surface area contributed by atoms with E-state index in [2.05, 4.69) is 15.4 Å². The molecule has 0 aliphatic rings. The summed E-state index contributed by atoms with van der Waals surface area (Å²) in [5.74, 6) is 0.226. The molecule has 30 heavy (non-hydrogen) atoms. The van der Waals surface area contributed by atoms with Gasteiger partial charge >= 0.3 is 6.18 Å². The molecule has 2 aromatic carbocycles. The number of para-hydroxylation sites is 1. The van der Waals surface area contributed by atoms with Crippen molar-refractivity contribution in [2.75, 3.05) is 26.0 Å². The summed E-state index contributed by atoms with van der Waals surface area (Å²) in [5, 5.41) is 6.49. The number of benzene rings is 2. The van der Waals surface area contributed by atoms with Crippen LogP contribution in [0.4, 0.5) is 18.9 Å². The van der Waals surface area contributed by atoms with Crippen LogP contribution in [0.25, 0.3) is 5.69 Å². The number of nitrogens with one attached hydrogen (secondary N) is 1. The first-order valence-corrected chi connectivity index (χ1v) is 8.94. The van der Waals surface area contributed by atoms with Crippen LogP contribution in [0.3, 0.4) is 0 Å². The van der Waals surface area contributed by atoms with E-state index in [1.54, 1.807) is 19.1 Å². The molecule has 1 N–H and O–H groups in total. The van der Waals surface area contributed by atoms with Gasteiger partial charge in [-0.2, -0.15) is 18.3 Å². The monoisotopic (exact) mass is 419 g/mol. The van der Waals surface area contributed by atoms with Gasteiger partial charge in [-0.1, -0.05) is 18.2 Å². The molecular formula is C20H20F3N5O2. The molecule has 0 aliphatic carbocycles. The predicted octanol–water partition coefficient (Wildman–Crippen LogP) is 3.37. The summed E-state index contributed by atoms with van der Waals surface area (Å²) < 4.78 is 46.0. The highest BCUT2D eigenvalue weighted by Gasteiger charge is 2.31. The van der Waals surface area contributed by atoms with Gasteiger partial charge in [0.15, 0.2) is 0 Å². The molecule has 3 aromatic rings. The number of ether oxygens (including phenoxy) is 1. The lowest BCUT2D eigenvalue weighted by molar-refractivity contribution is -0.137. The summed E-state index contributed by atoms with van der Waals surface area (Å²) in [6, 6.07) is 10.5. The van der Waals surface area contributed by atoms with Crippen molar-refractivity contribution in [2.24, 2.45) is 0 Å². The van der Waals surface area contributed by atoms with Crippen molar-refractivity contribution in [3.8, 4) is 11.4 Å². The number of nitrogens with zero attached hydrogens (tertiary/aromatic N) is 4. The quantitative estimate of drug-likeness (QED) is 0.636. The average Bonchev–Trinajstić information content (AvgIpc) is 3.22.